The number of aromatic nitrogens is 1. The zero-order valence-electron chi connectivity index (χ0n) is 12.3. The third kappa shape index (κ3) is 3.49. The summed E-state index contributed by atoms with van der Waals surface area (Å²) >= 11 is 0. The van der Waals surface area contributed by atoms with Gasteiger partial charge in [-0.2, -0.15) is 0 Å². The van der Waals surface area contributed by atoms with Crippen molar-refractivity contribution in [2.24, 2.45) is 0 Å². The maximum Gasteiger partial charge on any atom is 0.0622 e. The number of aryl methyl sites for hydroxylation is 1. The van der Waals surface area contributed by atoms with Gasteiger partial charge in [0.2, 0.25) is 0 Å². The predicted octanol–water partition coefficient (Wildman–Crippen LogP) is 2.55. The third-order valence-electron chi connectivity index (χ3n) is 4.24. The van der Waals surface area contributed by atoms with E-state index < -0.39 is 0 Å². The van der Waals surface area contributed by atoms with Crippen LogP contribution in [0.5, 0.6) is 0 Å². The van der Waals surface area contributed by atoms with Crippen molar-refractivity contribution in [2.45, 2.75) is 44.8 Å². The highest BCUT2D eigenvalue weighted by Gasteiger charge is 2.24. The van der Waals surface area contributed by atoms with Crippen molar-refractivity contribution in [3.63, 3.8) is 0 Å². The van der Waals surface area contributed by atoms with Crippen LogP contribution in [0.3, 0.4) is 0 Å². The Kier molecular flexibility index (Phi) is 4.53. The van der Waals surface area contributed by atoms with Gasteiger partial charge in [0.05, 0.1) is 12.2 Å². The molecule has 1 aromatic heterocycles. The highest BCUT2D eigenvalue weighted by molar-refractivity contribution is 5.46. The van der Waals surface area contributed by atoms with E-state index in [1.807, 2.05) is 13.1 Å². The Labute approximate surface area is 121 Å². The maximum absolute atomic E-state index is 6.22. The molecule has 0 aliphatic carbocycles. The molecule has 2 aliphatic heterocycles. The Balaban J connectivity index is 1.49. The predicted molar refractivity (Wildman–Crippen MR) is 79.1 cm³/mol. The number of hydrogen-bond donors (Lipinski definition) is 0. The van der Waals surface area contributed by atoms with E-state index in [0.717, 1.165) is 57.7 Å². The Morgan fingerprint density at radius 2 is 1.85 bits per heavy atom. The van der Waals surface area contributed by atoms with Gasteiger partial charge in [0.25, 0.3) is 0 Å². The Morgan fingerprint density at radius 1 is 1.15 bits per heavy atom. The number of anilines is 1. The van der Waals surface area contributed by atoms with Crippen molar-refractivity contribution in [3.8, 4) is 0 Å². The molecule has 0 spiro atoms. The molecule has 0 bridgehead atoms. The summed E-state index contributed by atoms with van der Waals surface area (Å²) < 4.78 is 11.6. The van der Waals surface area contributed by atoms with Crippen molar-refractivity contribution < 1.29 is 9.47 Å². The molecule has 2 fully saturated rings. The lowest BCUT2D eigenvalue weighted by Gasteiger charge is -2.36. The van der Waals surface area contributed by atoms with Gasteiger partial charge in [-0.3, -0.25) is 4.98 Å². The van der Waals surface area contributed by atoms with Crippen molar-refractivity contribution in [1.29, 1.82) is 0 Å². The summed E-state index contributed by atoms with van der Waals surface area (Å²) in [5, 5.41) is 0. The summed E-state index contributed by atoms with van der Waals surface area (Å²) in [5.41, 5.74) is 2.38. The van der Waals surface area contributed by atoms with Crippen LogP contribution in [0.4, 0.5) is 5.69 Å². The molecule has 3 heterocycles. The fourth-order valence-corrected chi connectivity index (χ4v) is 3.06. The molecule has 0 radical (unpaired) electrons. The molecule has 4 heteroatoms. The lowest BCUT2D eigenvalue weighted by molar-refractivity contribution is -0.0743. The zero-order valence-corrected chi connectivity index (χ0v) is 12.3. The quantitative estimate of drug-likeness (QED) is 0.850. The highest BCUT2D eigenvalue weighted by atomic mass is 16.5. The van der Waals surface area contributed by atoms with Gasteiger partial charge in [-0.05, 0) is 44.7 Å². The van der Waals surface area contributed by atoms with Crippen LogP contribution >= 0.6 is 0 Å². The number of piperidine rings is 1. The number of nitrogens with zero attached hydrogens (tertiary/aromatic N) is 2. The summed E-state index contributed by atoms with van der Waals surface area (Å²) in [4.78, 5) is 6.71. The molecule has 0 N–H and O–H groups in total. The lowest BCUT2D eigenvalue weighted by Crippen LogP contribution is -2.39. The molecule has 3 rings (SSSR count). The van der Waals surface area contributed by atoms with Crippen molar-refractivity contribution in [3.05, 3.63) is 24.0 Å². The Morgan fingerprint density at radius 3 is 2.55 bits per heavy atom. The molecule has 0 saturated carbocycles. The molecular formula is C16H24N2O2. The minimum Gasteiger partial charge on any atom is -0.381 e. The van der Waals surface area contributed by atoms with Gasteiger partial charge in [0.1, 0.15) is 0 Å². The smallest absolute Gasteiger partial charge is 0.0622 e. The molecule has 110 valence electrons. The normalized spacial score (nSPS) is 22.1. The third-order valence-corrected chi connectivity index (χ3v) is 4.24. The van der Waals surface area contributed by atoms with Crippen LogP contribution in [-0.2, 0) is 9.47 Å². The highest BCUT2D eigenvalue weighted by Crippen LogP contribution is 2.24. The Bertz CT molecular complexity index is 424. The van der Waals surface area contributed by atoms with Gasteiger partial charge in [-0.15, -0.1) is 0 Å². The van der Waals surface area contributed by atoms with Gasteiger partial charge in [0.15, 0.2) is 0 Å². The number of hydrogen-bond acceptors (Lipinski definition) is 4. The number of ether oxygens (including phenoxy) is 2. The topological polar surface area (TPSA) is 34.6 Å². The molecule has 0 amide bonds. The molecule has 0 aromatic carbocycles. The van der Waals surface area contributed by atoms with Gasteiger partial charge in [0, 0.05) is 43.9 Å². The van der Waals surface area contributed by atoms with Crippen LogP contribution < -0.4 is 4.90 Å². The molecule has 2 aliphatic rings. The molecule has 1 aromatic rings. The lowest BCUT2D eigenvalue weighted by atomic mass is 10.1. The van der Waals surface area contributed by atoms with Crippen molar-refractivity contribution in [2.75, 3.05) is 31.2 Å². The minimum absolute atomic E-state index is 0.420. The van der Waals surface area contributed by atoms with Crippen LogP contribution in [0.15, 0.2) is 18.3 Å². The minimum atomic E-state index is 0.420. The monoisotopic (exact) mass is 276 g/mol. The second-order valence-electron chi connectivity index (χ2n) is 5.79. The summed E-state index contributed by atoms with van der Waals surface area (Å²) in [6, 6.07) is 4.27. The van der Waals surface area contributed by atoms with Crippen LogP contribution in [0.25, 0.3) is 0 Å². The van der Waals surface area contributed by atoms with Crippen molar-refractivity contribution >= 4 is 5.69 Å². The SMILES string of the molecule is Cc1cc(N2CCC(OC3CCOCC3)CC2)ccn1. The first-order valence-corrected chi connectivity index (χ1v) is 7.72. The van der Waals surface area contributed by atoms with E-state index in [4.69, 9.17) is 9.47 Å². The second kappa shape index (κ2) is 6.55. The Hall–Kier alpha value is -1.13. The summed E-state index contributed by atoms with van der Waals surface area (Å²) in [6.45, 7) is 5.93. The summed E-state index contributed by atoms with van der Waals surface area (Å²) in [5.74, 6) is 0. The first-order chi connectivity index (χ1) is 9.81. The van der Waals surface area contributed by atoms with Crippen LogP contribution in [0.2, 0.25) is 0 Å². The summed E-state index contributed by atoms with van der Waals surface area (Å²) in [6.07, 6.45) is 7.11. The molecule has 0 atom stereocenters. The van der Waals surface area contributed by atoms with E-state index in [-0.39, 0.29) is 0 Å². The molecule has 2 saturated heterocycles. The molecule has 20 heavy (non-hydrogen) atoms. The maximum atomic E-state index is 6.22. The van der Waals surface area contributed by atoms with E-state index in [9.17, 15) is 0 Å². The van der Waals surface area contributed by atoms with E-state index >= 15 is 0 Å². The average Bonchev–Trinajstić information content (AvgIpc) is 2.49. The average molecular weight is 276 g/mol. The van der Waals surface area contributed by atoms with Crippen LogP contribution in [0, 0.1) is 6.92 Å². The standard InChI is InChI=1S/C16H24N2O2/c1-13-12-14(2-7-17-13)18-8-3-15(4-9-18)20-16-5-10-19-11-6-16/h2,7,12,15-16H,3-6,8-11H2,1H3. The van der Waals surface area contributed by atoms with E-state index in [2.05, 4.69) is 22.0 Å². The zero-order chi connectivity index (χ0) is 13.8. The second-order valence-corrected chi connectivity index (χ2v) is 5.79. The van der Waals surface area contributed by atoms with E-state index in [1.54, 1.807) is 0 Å². The number of pyridine rings is 1. The van der Waals surface area contributed by atoms with Gasteiger partial charge in [-0.25, -0.2) is 0 Å². The summed E-state index contributed by atoms with van der Waals surface area (Å²) in [7, 11) is 0. The van der Waals surface area contributed by atoms with Crippen molar-refractivity contribution in [1.82, 2.24) is 4.98 Å². The number of rotatable bonds is 3. The van der Waals surface area contributed by atoms with Crippen LogP contribution in [-0.4, -0.2) is 43.5 Å². The van der Waals surface area contributed by atoms with Gasteiger partial charge in [-0.1, -0.05) is 0 Å². The molecule has 4 nitrogen and oxygen atoms in total. The largest absolute Gasteiger partial charge is 0.381 e. The van der Waals surface area contributed by atoms with Gasteiger partial charge >= 0.3 is 0 Å². The fourth-order valence-electron chi connectivity index (χ4n) is 3.06. The first-order valence-electron chi connectivity index (χ1n) is 7.72. The molecular weight excluding hydrogens is 252 g/mol. The van der Waals surface area contributed by atoms with Gasteiger partial charge < -0.3 is 14.4 Å². The van der Waals surface area contributed by atoms with Crippen LogP contribution in [0.1, 0.15) is 31.4 Å². The fraction of sp³-hybridized carbons (Fsp3) is 0.688. The molecule has 0 unspecified atom stereocenters. The van der Waals surface area contributed by atoms with E-state index in [1.165, 1.54) is 5.69 Å². The van der Waals surface area contributed by atoms with E-state index in [0.29, 0.717) is 12.2 Å². The first kappa shape index (κ1) is 13.8.